The molecule has 1 aliphatic heterocycles. The highest BCUT2D eigenvalue weighted by atomic mass is 16.5. The number of pyridine rings is 1. The van der Waals surface area contributed by atoms with Crippen LogP contribution in [0, 0.1) is 0 Å². The van der Waals surface area contributed by atoms with Crippen molar-refractivity contribution < 1.29 is 14.6 Å². The highest BCUT2D eigenvalue weighted by molar-refractivity contribution is 5.94. The summed E-state index contributed by atoms with van der Waals surface area (Å²) in [7, 11) is 0. The van der Waals surface area contributed by atoms with Crippen molar-refractivity contribution in [2.75, 3.05) is 13.2 Å². The van der Waals surface area contributed by atoms with E-state index in [1.807, 2.05) is 22.9 Å². The molecule has 0 spiro atoms. The molecule has 4 rings (SSSR count). The first-order chi connectivity index (χ1) is 12.7. The molecular formula is C19H18N4O3. The molecule has 1 aromatic carbocycles. The topological polar surface area (TPSA) is 80.5 Å². The van der Waals surface area contributed by atoms with Crippen LogP contribution in [0.4, 0.5) is 0 Å². The molecule has 26 heavy (non-hydrogen) atoms. The standard InChI is InChI=1S/C19H18N4O3/c24-17-5-3-4-14(10-17)19(25)22-11-15-7-9-21-23(15)16(12-22)13-26-18-6-1-2-8-20-18/h1-10,16,24H,11-13H2/t16-/m0/s1. The lowest BCUT2D eigenvalue weighted by Crippen LogP contribution is -2.43. The molecule has 1 atom stereocenters. The van der Waals surface area contributed by atoms with Gasteiger partial charge in [-0.05, 0) is 30.3 Å². The van der Waals surface area contributed by atoms with E-state index >= 15 is 0 Å². The van der Waals surface area contributed by atoms with Crippen LogP contribution < -0.4 is 4.74 Å². The van der Waals surface area contributed by atoms with Crippen molar-refractivity contribution in [3.8, 4) is 11.6 Å². The molecule has 0 saturated heterocycles. The third-order valence-electron chi connectivity index (χ3n) is 4.32. The van der Waals surface area contributed by atoms with Crippen molar-refractivity contribution in [1.29, 1.82) is 0 Å². The molecule has 0 aliphatic carbocycles. The number of carbonyl (C=O) groups is 1. The number of nitrogens with zero attached hydrogens (tertiary/aromatic N) is 4. The minimum Gasteiger partial charge on any atom is -0.508 e. The zero-order valence-electron chi connectivity index (χ0n) is 14.0. The molecule has 7 heteroatoms. The number of fused-ring (bicyclic) bond motifs is 1. The van der Waals surface area contributed by atoms with Gasteiger partial charge in [0.05, 0.1) is 12.2 Å². The van der Waals surface area contributed by atoms with Gasteiger partial charge in [-0.25, -0.2) is 4.98 Å². The van der Waals surface area contributed by atoms with Crippen LogP contribution in [-0.4, -0.2) is 43.8 Å². The first kappa shape index (κ1) is 16.1. The van der Waals surface area contributed by atoms with E-state index in [1.54, 1.807) is 41.6 Å². The Morgan fingerprint density at radius 1 is 1.19 bits per heavy atom. The number of phenols is 1. The fourth-order valence-corrected chi connectivity index (χ4v) is 3.10. The van der Waals surface area contributed by atoms with Gasteiger partial charge in [-0.15, -0.1) is 0 Å². The zero-order valence-corrected chi connectivity index (χ0v) is 14.0. The Morgan fingerprint density at radius 3 is 2.92 bits per heavy atom. The highest BCUT2D eigenvalue weighted by Gasteiger charge is 2.29. The number of phenolic OH excluding ortho intramolecular Hbond substituents is 1. The summed E-state index contributed by atoms with van der Waals surface area (Å²) in [5, 5.41) is 14.0. The molecule has 3 aromatic rings. The van der Waals surface area contributed by atoms with Gasteiger partial charge in [-0.3, -0.25) is 9.48 Å². The van der Waals surface area contributed by atoms with Gasteiger partial charge in [0.25, 0.3) is 5.91 Å². The third-order valence-corrected chi connectivity index (χ3v) is 4.32. The van der Waals surface area contributed by atoms with Gasteiger partial charge < -0.3 is 14.7 Å². The summed E-state index contributed by atoms with van der Waals surface area (Å²) in [5.74, 6) is 0.488. The number of hydrogen-bond donors (Lipinski definition) is 1. The van der Waals surface area contributed by atoms with E-state index in [2.05, 4.69) is 10.1 Å². The molecule has 0 saturated carbocycles. The number of carbonyl (C=O) groups excluding carboxylic acids is 1. The van der Waals surface area contributed by atoms with Gasteiger partial charge >= 0.3 is 0 Å². The van der Waals surface area contributed by atoms with Gasteiger partial charge in [0.15, 0.2) is 0 Å². The molecule has 3 heterocycles. The Hall–Kier alpha value is -3.35. The van der Waals surface area contributed by atoms with Gasteiger partial charge in [-0.2, -0.15) is 5.10 Å². The monoisotopic (exact) mass is 350 g/mol. The molecule has 0 fully saturated rings. The molecule has 7 nitrogen and oxygen atoms in total. The van der Waals surface area contributed by atoms with E-state index < -0.39 is 0 Å². The number of rotatable bonds is 4. The maximum Gasteiger partial charge on any atom is 0.254 e. The van der Waals surface area contributed by atoms with E-state index in [1.165, 1.54) is 6.07 Å². The second kappa shape index (κ2) is 6.87. The van der Waals surface area contributed by atoms with Gasteiger partial charge in [0, 0.05) is 30.6 Å². The van der Waals surface area contributed by atoms with Crippen LogP contribution in [-0.2, 0) is 6.54 Å². The maximum atomic E-state index is 12.8. The molecule has 2 aromatic heterocycles. The summed E-state index contributed by atoms with van der Waals surface area (Å²) >= 11 is 0. The summed E-state index contributed by atoms with van der Waals surface area (Å²) in [6.07, 6.45) is 3.40. The smallest absolute Gasteiger partial charge is 0.254 e. The predicted molar refractivity (Wildman–Crippen MR) is 93.8 cm³/mol. The van der Waals surface area contributed by atoms with Gasteiger partial charge in [0.2, 0.25) is 5.88 Å². The SMILES string of the molecule is O=C(c1cccc(O)c1)N1Cc2ccnn2[C@H](COc2ccccn2)C1. The Bertz CT molecular complexity index is 910. The van der Waals surface area contributed by atoms with E-state index in [-0.39, 0.29) is 17.7 Å². The first-order valence-electron chi connectivity index (χ1n) is 8.35. The fourth-order valence-electron chi connectivity index (χ4n) is 3.10. The van der Waals surface area contributed by atoms with E-state index in [9.17, 15) is 9.90 Å². The summed E-state index contributed by atoms with van der Waals surface area (Å²) in [4.78, 5) is 18.7. The quantitative estimate of drug-likeness (QED) is 0.781. The summed E-state index contributed by atoms with van der Waals surface area (Å²) < 4.78 is 7.67. The van der Waals surface area contributed by atoms with Crippen LogP contribution in [0.15, 0.2) is 60.9 Å². The Labute approximate surface area is 150 Å². The number of benzene rings is 1. The van der Waals surface area contributed by atoms with Crippen LogP contribution in [0.1, 0.15) is 22.1 Å². The summed E-state index contributed by atoms with van der Waals surface area (Å²) in [5.41, 5.74) is 1.40. The normalized spacial score (nSPS) is 16.2. The lowest BCUT2D eigenvalue weighted by Gasteiger charge is -2.33. The molecule has 0 unspecified atom stereocenters. The van der Waals surface area contributed by atoms with Gasteiger partial charge in [-0.1, -0.05) is 12.1 Å². The average Bonchev–Trinajstić information content (AvgIpc) is 3.15. The molecular weight excluding hydrogens is 332 g/mol. The fraction of sp³-hybridized carbons (Fsp3) is 0.211. The van der Waals surface area contributed by atoms with Crippen LogP contribution >= 0.6 is 0 Å². The maximum absolute atomic E-state index is 12.8. The Balaban J connectivity index is 1.53. The van der Waals surface area contributed by atoms with E-state index in [0.717, 1.165) is 5.69 Å². The van der Waals surface area contributed by atoms with E-state index in [0.29, 0.717) is 31.1 Å². The van der Waals surface area contributed by atoms with Crippen LogP contribution in [0.3, 0.4) is 0 Å². The van der Waals surface area contributed by atoms with Crippen LogP contribution in [0.2, 0.25) is 0 Å². The van der Waals surface area contributed by atoms with Crippen molar-refractivity contribution in [3.63, 3.8) is 0 Å². The lowest BCUT2D eigenvalue weighted by molar-refractivity contribution is 0.0631. The van der Waals surface area contributed by atoms with Gasteiger partial charge in [0.1, 0.15) is 18.4 Å². The first-order valence-corrected chi connectivity index (χ1v) is 8.35. The van der Waals surface area contributed by atoms with E-state index in [4.69, 9.17) is 4.74 Å². The minimum atomic E-state index is -0.129. The average molecular weight is 350 g/mol. The predicted octanol–water partition coefficient (Wildman–Crippen LogP) is 2.26. The molecule has 1 amide bonds. The number of amides is 1. The van der Waals surface area contributed by atoms with Crippen LogP contribution in [0.5, 0.6) is 11.6 Å². The molecule has 1 aliphatic rings. The largest absolute Gasteiger partial charge is 0.508 e. The summed E-state index contributed by atoms with van der Waals surface area (Å²) in [6.45, 7) is 1.29. The van der Waals surface area contributed by atoms with Crippen molar-refractivity contribution >= 4 is 5.91 Å². The third kappa shape index (κ3) is 3.23. The molecule has 132 valence electrons. The molecule has 1 N–H and O–H groups in total. The Morgan fingerprint density at radius 2 is 2.12 bits per heavy atom. The second-order valence-corrected chi connectivity index (χ2v) is 6.14. The minimum absolute atomic E-state index is 0.0768. The van der Waals surface area contributed by atoms with Crippen LogP contribution in [0.25, 0.3) is 0 Å². The highest BCUT2D eigenvalue weighted by Crippen LogP contribution is 2.23. The van der Waals surface area contributed by atoms with Crippen molar-refractivity contribution in [2.45, 2.75) is 12.6 Å². The number of hydrogen-bond acceptors (Lipinski definition) is 5. The van der Waals surface area contributed by atoms with Crippen molar-refractivity contribution in [2.24, 2.45) is 0 Å². The number of aromatic hydroxyl groups is 1. The molecule has 0 radical (unpaired) electrons. The number of aromatic nitrogens is 3. The summed E-state index contributed by atoms with van der Waals surface area (Å²) in [6, 6.07) is 13.7. The second-order valence-electron chi connectivity index (χ2n) is 6.14. The zero-order chi connectivity index (χ0) is 17.9. The van der Waals surface area contributed by atoms with Crippen molar-refractivity contribution in [1.82, 2.24) is 19.7 Å². The van der Waals surface area contributed by atoms with Crippen molar-refractivity contribution in [3.05, 3.63) is 72.2 Å². The Kier molecular flexibility index (Phi) is 4.27. The molecule has 0 bridgehead atoms. The lowest BCUT2D eigenvalue weighted by atomic mass is 10.1. The number of ether oxygens (including phenoxy) is 1.